The molecule has 3 rings (SSSR count). The number of thiocarbonyl (C=S) groups is 1. The number of hydrogen-bond acceptors (Lipinski definition) is 4. The van der Waals surface area contributed by atoms with Crippen LogP contribution in [0.15, 0.2) is 29.4 Å². The molecule has 0 amide bonds. The molecule has 1 aliphatic heterocycles. The summed E-state index contributed by atoms with van der Waals surface area (Å²) in [7, 11) is 1.61. The predicted octanol–water partition coefficient (Wildman–Crippen LogP) is 3.98. The summed E-state index contributed by atoms with van der Waals surface area (Å²) in [6, 6.07) is 5.37. The van der Waals surface area contributed by atoms with Crippen LogP contribution in [0.4, 0.5) is 0 Å². The summed E-state index contributed by atoms with van der Waals surface area (Å²) in [6.45, 7) is 3.72. The van der Waals surface area contributed by atoms with Crippen LogP contribution >= 0.6 is 35.2 Å². The Kier molecular flexibility index (Phi) is 5.71. The summed E-state index contributed by atoms with van der Waals surface area (Å²) in [4.78, 5) is 7.19. The van der Waals surface area contributed by atoms with Crippen LogP contribution in [0, 0.1) is 6.92 Å². The first-order chi connectivity index (χ1) is 11.6. The van der Waals surface area contributed by atoms with E-state index in [-0.39, 0.29) is 6.10 Å². The van der Waals surface area contributed by atoms with Crippen molar-refractivity contribution in [1.82, 2.24) is 4.57 Å². The third-order valence-electron chi connectivity index (χ3n) is 3.85. The zero-order valence-corrected chi connectivity index (χ0v) is 16.0. The van der Waals surface area contributed by atoms with Crippen molar-refractivity contribution in [3.05, 3.63) is 44.7 Å². The van der Waals surface area contributed by atoms with E-state index in [2.05, 4.69) is 22.7 Å². The average molecular weight is 383 g/mol. The fourth-order valence-corrected chi connectivity index (χ4v) is 4.05. The Morgan fingerprint density at radius 1 is 1.54 bits per heavy atom. The van der Waals surface area contributed by atoms with E-state index in [4.69, 9.17) is 33.3 Å². The third-order valence-corrected chi connectivity index (χ3v) is 5.33. The molecular formula is C17H19ClN2O2S2. The molecule has 4 nitrogen and oxygen atoms in total. The van der Waals surface area contributed by atoms with Crippen molar-refractivity contribution in [2.45, 2.75) is 32.4 Å². The van der Waals surface area contributed by atoms with Gasteiger partial charge in [0.25, 0.3) is 0 Å². The van der Waals surface area contributed by atoms with E-state index in [1.165, 1.54) is 4.88 Å². The van der Waals surface area contributed by atoms with Gasteiger partial charge in [-0.25, -0.2) is 4.99 Å². The van der Waals surface area contributed by atoms with Gasteiger partial charge in [-0.2, -0.15) is 0 Å². The highest BCUT2D eigenvalue weighted by Crippen LogP contribution is 2.24. The molecular weight excluding hydrogens is 364 g/mol. The summed E-state index contributed by atoms with van der Waals surface area (Å²) in [5.41, 5.74) is 0.731. The fraction of sp³-hybridized carbons (Fsp3) is 0.412. The molecule has 0 aliphatic carbocycles. The predicted molar refractivity (Wildman–Crippen MR) is 101 cm³/mol. The zero-order valence-electron chi connectivity index (χ0n) is 13.6. The highest BCUT2D eigenvalue weighted by Gasteiger charge is 2.17. The molecule has 0 N–H and O–H groups in total. The molecule has 1 fully saturated rings. The Bertz CT molecular complexity index is 807. The minimum Gasteiger partial charge on any atom is -0.496 e. The van der Waals surface area contributed by atoms with E-state index in [0.29, 0.717) is 15.8 Å². The van der Waals surface area contributed by atoms with Crippen LogP contribution in [0.25, 0.3) is 0 Å². The minimum atomic E-state index is 0.257. The standard InChI is InChI=1S/C17H19ClN2O2S2/c1-11-9-20(10-13-4-3-7-22-13)17(24-11)19-16(23)14-8-12(18)5-6-15(14)21-2/h5-6,8-9,13H,3-4,7,10H2,1-2H3/t13-/m1/s1. The molecule has 1 saturated heterocycles. The van der Waals surface area contributed by atoms with Crippen LogP contribution in [-0.2, 0) is 11.3 Å². The van der Waals surface area contributed by atoms with Gasteiger partial charge in [0.05, 0.1) is 25.3 Å². The van der Waals surface area contributed by atoms with Crippen molar-refractivity contribution in [3.8, 4) is 5.75 Å². The number of aryl methyl sites for hydroxylation is 1. The van der Waals surface area contributed by atoms with Gasteiger partial charge >= 0.3 is 0 Å². The molecule has 7 heteroatoms. The summed E-state index contributed by atoms with van der Waals surface area (Å²) in [6.07, 6.45) is 4.57. The van der Waals surface area contributed by atoms with Gasteiger partial charge in [0.1, 0.15) is 10.7 Å². The van der Waals surface area contributed by atoms with E-state index >= 15 is 0 Å². The first-order valence-electron chi connectivity index (χ1n) is 7.78. The zero-order chi connectivity index (χ0) is 17.1. The molecule has 1 aliphatic rings. The van der Waals surface area contributed by atoms with Crippen molar-refractivity contribution >= 4 is 40.1 Å². The summed E-state index contributed by atoms with van der Waals surface area (Å²) >= 11 is 13.2. The largest absolute Gasteiger partial charge is 0.496 e. The molecule has 1 aromatic carbocycles. The van der Waals surface area contributed by atoms with E-state index in [0.717, 1.165) is 36.4 Å². The van der Waals surface area contributed by atoms with E-state index in [9.17, 15) is 0 Å². The molecule has 2 aromatic rings. The number of hydrogen-bond donors (Lipinski definition) is 0. The number of benzene rings is 1. The van der Waals surface area contributed by atoms with Gasteiger partial charge in [0, 0.05) is 22.7 Å². The monoisotopic (exact) mass is 382 g/mol. The molecule has 1 atom stereocenters. The maximum absolute atomic E-state index is 6.09. The Morgan fingerprint density at radius 3 is 3.08 bits per heavy atom. The Morgan fingerprint density at radius 2 is 2.38 bits per heavy atom. The maximum Gasteiger partial charge on any atom is 0.191 e. The average Bonchev–Trinajstić information content (AvgIpc) is 3.18. The fourth-order valence-electron chi connectivity index (χ4n) is 2.72. The molecule has 0 bridgehead atoms. The van der Waals surface area contributed by atoms with Crippen LogP contribution < -0.4 is 9.54 Å². The summed E-state index contributed by atoms with van der Waals surface area (Å²) in [5, 5.41) is 0.609. The lowest BCUT2D eigenvalue weighted by atomic mass is 10.2. The van der Waals surface area contributed by atoms with Crippen LogP contribution in [-0.4, -0.2) is 29.4 Å². The lowest BCUT2D eigenvalue weighted by Gasteiger charge is -2.10. The molecule has 24 heavy (non-hydrogen) atoms. The number of thiazole rings is 1. The topological polar surface area (TPSA) is 35.8 Å². The number of methoxy groups -OCH3 is 1. The highest BCUT2D eigenvalue weighted by atomic mass is 35.5. The molecule has 0 saturated carbocycles. The molecule has 0 spiro atoms. The smallest absolute Gasteiger partial charge is 0.191 e. The number of aromatic nitrogens is 1. The normalized spacial score (nSPS) is 18.1. The van der Waals surface area contributed by atoms with E-state index in [1.54, 1.807) is 36.6 Å². The van der Waals surface area contributed by atoms with Gasteiger partial charge < -0.3 is 14.0 Å². The second-order valence-electron chi connectivity index (χ2n) is 5.67. The number of halogens is 1. The van der Waals surface area contributed by atoms with Crippen molar-refractivity contribution in [1.29, 1.82) is 0 Å². The second kappa shape index (κ2) is 7.78. The number of nitrogens with zero attached hydrogens (tertiary/aromatic N) is 2. The van der Waals surface area contributed by atoms with Gasteiger partial charge in [-0.15, -0.1) is 11.3 Å². The minimum absolute atomic E-state index is 0.257. The molecule has 0 radical (unpaired) electrons. The van der Waals surface area contributed by atoms with Crippen LogP contribution in [0.1, 0.15) is 23.3 Å². The van der Waals surface area contributed by atoms with E-state index in [1.807, 2.05) is 0 Å². The van der Waals surface area contributed by atoms with E-state index < -0.39 is 0 Å². The number of rotatable bonds is 4. The van der Waals surface area contributed by atoms with Gasteiger partial charge in [-0.1, -0.05) is 23.8 Å². The molecule has 2 heterocycles. The number of ether oxygens (including phenoxy) is 2. The van der Waals surface area contributed by atoms with Gasteiger partial charge in [-0.05, 0) is 38.0 Å². The van der Waals surface area contributed by atoms with Crippen LogP contribution in [0.5, 0.6) is 5.75 Å². The molecule has 1 aromatic heterocycles. The lowest BCUT2D eigenvalue weighted by Crippen LogP contribution is -2.23. The third kappa shape index (κ3) is 4.06. The van der Waals surface area contributed by atoms with Crippen molar-refractivity contribution in [2.24, 2.45) is 4.99 Å². The Balaban J connectivity index is 1.93. The van der Waals surface area contributed by atoms with Crippen molar-refractivity contribution in [3.63, 3.8) is 0 Å². The highest BCUT2D eigenvalue weighted by molar-refractivity contribution is 7.80. The van der Waals surface area contributed by atoms with Crippen LogP contribution in [0.2, 0.25) is 5.02 Å². The Labute approximate surface area is 155 Å². The second-order valence-corrected chi connectivity index (χ2v) is 7.71. The van der Waals surface area contributed by atoms with Gasteiger partial charge in [0.15, 0.2) is 4.80 Å². The molecule has 128 valence electrons. The van der Waals surface area contributed by atoms with Gasteiger partial charge in [-0.3, -0.25) is 0 Å². The van der Waals surface area contributed by atoms with Gasteiger partial charge in [0.2, 0.25) is 0 Å². The van der Waals surface area contributed by atoms with Crippen molar-refractivity contribution < 1.29 is 9.47 Å². The summed E-state index contributed by atoms with van der Waals surface area (Å²) in [5.74, 6) is 0.673. The van der Waals surface area contributed by atoms with Crippen molar-refractivity contribution in [2.75, 3.05) is 13.7 Å². The lowest BCUT2D eigenvalue weighted by molar-refractivity contribution is 0.0964. The molecule has 0 unspecified atom stereocenters. The quantitative estimate of drug-likeness (QED) is 0.750. The van der Waals surface area contributed by atoms with Crippen LogP contribution in [0.3, 0.4) is 0 Å². The SMILES string of the molecule is COc1ccc(Cl)cc1C(=S)N=c1sc(C)cn1C[C@H]1CCCO1. The summed E-state index contributed by atoms with van der Waals surface area (Å²) < 4.78 is 13.2. The first kappa shape index (κ1) is 17.6. The Hall–Kier alpha value is -1.21. The first-order valence-corrected chi connectivity index (χ1v) is 9.38. The maximum atomic E-state index is 6.09.